The van der Waals surface area contributed by atoms with Gasteiger partial charge >= 0.3 is 6.18 Å². The highest BCUT2D eigenvalue weighted by Gasteiger charge is 2.70. The maximum Gasteiger partial charge on any atom is 0.416 e. The Balaban J connectivity index is 1.35. The van der Waals surface area contributed by atoms with Gasteiger partial charge in [-0.05, 0) is 50.3 Å². The van der Waals surface area contributed by atoms with Crippen LogP contribution in [0.2, 0.25) is 5.02 Å². The number of aryl methyl sites for hydroxylation is 1. The Hall–Kier alpha value is -5.13. The van der Waals surface area contributed by atoms with Crippen molar-refractivity contribution in [3.8, 4) is 5.75 Å². The number of hydrogen-bond acceptors (Lipinski definition) is 9. The van der Waals surface area contributed by atoms with Crippen LogP contribution in [0.3, 0.4) is 0 Å². The molecule has 4 heterocycles. The number of amides is 2. The molecule has 19 heteroatoms. The highest BCUT2D eigenvalue weighted by atomic mass is 35.5. The lowest BCUT2D eigenvalue weighted by Gasteiger charge is -2.37. The Labute approximate surface area is 302 Å². The molecule has 3 N–H and O–H groups in total. The molecule has 1 saturated carbocycles. The molecule has 0 radical (unpaired) electrons. The second-order valence-corrected chi connectivity index (χ2v) is 13.9. The summed E-state index contributed by atoms with van der Waals surface area (Å²) in [7, 11) is 0. The maximum atomic E-state index is 14.4. The van der Waals surface area contributed by atoms with Crippen LogP contribution in [0.25, 0.3) is 11.4 Å². The number of alkyl halides is 5. The van der Waals surface area contributed by atoms with E-state index in [4.69, 9.17) is 17.3 Å². The Kier molecular flexibility index (Phi) is 8.73. The molecule has 53 heavy (non-hydrogen) atoms. The van der Waals surface area contributed by atoms with E-state index in [1.54, 1.807) is 17.9 Å². The number of anilines is 1. The van der Waals surface area contributed by atoms with Gasteiger partial charge in [0, 0.05) is 48.6 Å². The van der Waals surface area contributed by atoms with Crippen LogP contribution in [0.1, 0.15) is 77.5 Å². The van der Waals surface area contributed by atoms with Gasteiger partial charge in [0.05, 0.1) is 17.0 Å². The first kappa shape index (κ1) is 36.2. The van der Waals surface area contributed by atoms with Crippen LogP contribution in [-0.2, 0) is 17.4 Å². The number of primary amides is 1. The van der Waals surface area contributed by atoms with Gasteiger partial charge in [-0.3, -0.25) is 19.0 Å². The molecule has 2 fully saturated rings. The zero-order valence-corrected chi connectivity index (χ0v) is 29.2. The van der Waals surface area contributed by atoms with E-state index in [1.807, 2.05) is 0 Å². The van der Waals surface area contributed by atoms with E-state index in [2.05, 4.69) is 20.1 Å². The topological polar surface area (TPSA) is 165 Å². The van der Waals surface area contributed by atoms with Gasteiger partial charge in [-0.1, -0.05) is 30.7 Å². The number of aromatic hydroxyl groups is 1. The fourth-order valence-corrected chi connectivity index (χ4v) is 7.63. The minimum absolute atomic E-state index is 0.0611. The van der Waals surface area contributed by atoms with Crippen LogP contribution >= 0.6 is 11.6 Å². The number of halogens is 6. The largest absolute Gasteiger partial charge is 0.504 e. The Morgan fingerprint density at radius 1 is 1.13 bits per heavy atom. The van der Waals surface area contributed by atoms with Crippen LogP contribution in [0, 0.1) is 12.3 Å². The smallest absolute Gasteiger partial charge is 0.416 e. The molecule has 1 spiro atoms. The van der Waals surface area contributed by atoms with Crippen LogP contribution in [0.15, 0.2) is 35.4 Å². The van der Waals surface area contributed by atoms with Gasteiger partial charge in [0.25, 0.3) is 17.4 Å². The first-order valence-electron chi connectivity index (χ1n) is 16.8. The maximum absolute atomic E-state index is 14.4. The molecule has 280 valence electrons. The molecule has 1 saturated heterocycles. The molecule has 2 atom stereocenters. The monoisotopic (exact) mass is 761 g/mol. The van der Waals surface area contributed by atoms with E-state index < -0.39 is 51.5 Å². The molecule has 2 unspecified atom stereocenters. The van der Waals surface area contributed by atoms with Crippen molar-refractivity contribution in [2.24, 2.45) is 11.1 Å². The molecular weight excluding hydrogens is 729 g/mol. The van der Waals surface area contributed by atoms with Crippen molar-refractivity contribution in [1.82, 2.24) is 34.0 Å². The van der Waals surface area contributed by atoms with Crippen LogP contribution < -0.4 is 16.2 Å². The lowest BCUT2D eigenvalue weighted by atomic mass is 9.86. The molecule has 2 amide bonds. The van der Waals surface area contributed by atoms with Crippen molar-refractivity contribution < 1.29 is 36.6 Å². The molecular formula is C34H33ClF5N9O4. The normalized spacial score (nSPS) is 20.5. The minimum atomic E-state index is -4.73. The van der Waals surface area contributed by atoms with Gasteiger partial charge in [0.1, 0.15) is 18.1 Å². The molecule has 7 rings (SSSR count). The highest BCUT2D eigenvalue weighted by molar-refractivity contribution is 6.31. The summed E-state index contributed by atoms with van der Waals surface area (Å²) >= 11 is 6.42. The average Bonchev–Trinajstić information content (AvgIpc) is 3.40. The molecule has 1 aliphatic heterocycles. The van der Waals surface area contributed by atoms with Crippen molar-refractivity contribution in [3.05, 3.63) is 80.0 Å². The number of carbonyl (C=O) groups is 2. The van der Waals surface area contributed by atoms with E-state index in [0.29, 0.717) is 11.6 Å². The number of allylic oxidation sites excluding steroid dienone is 2. The third-order valence-corrected chi connectivity index (χ3v) is 10.8. The van der Waals surface area contributed by atoms with Crippen molar-refractivity contribution in [3.63, 3.8) is 0 Å². The van der Waals surface area contributed by atoms with Gasteiger partial charge in [-0.15, -0.1) is 5.10 Å². The van der Waals surface area contributed by atoms with Crippen LogP contribution in [-0.4, -0.2) is 83.1 Å². The predicted molar refractivity (Wildman–Crippen MR) is 181 cm³/mol. The Morgan fingerprint density at radius 2 is 1.83 bits per heavy atom. The summed E-state index contributed by atoms with van der Waals surface area (Å²) in [6, 6.07) is 0.915. The lowest BCUT2D eigenvalue weighted by molar-refractivity contribution is -0.137. The van der Waals surface area contributed by atoms with Gasteiger partial charge in [-0.25, -0.2) is 18.7 Å². The molecule has 4 aromatic rings. The molecule has 2 aliphatic carbocycles. The lowest BCUT2D eigenvalue weighted by Crippen LogP contribution is -2.51. The number of nitrogens with zero attached hydrogens (tertiary/aromatic N) is 8. The molecule has 0 bridgehead atoms. The standard InChI is InChI=1S/C34H33ClF5N9O4/c1-3-22-25(46-10-12-47(13-11-46)29(52)23-26(50)17(2)42-16-43-23)30(53)49-31(44-28(45-49)18-6-8-32(9-7-18)15-33(32,36)37)48(22)24(27(41)51)20-5-4-19(14-21(20)35)34(38,39)40/h4-6,14,16,24,50H,3,7-13,15H2,1-2H3,(H2,41,51). The Bertz CT molecular complexity index is 2270. The summed E-state index contributed by atoms with van der Waals surface area (Å²) in [6.45, 7) is 3.62. The van der Waals surface area contributed by atoms with E-state index in [0.717, 1.165) is 23.0 Å². The molecule has 13 nitrogen and oxygen atoms in total. The summed E-state index contributed by atoms with van der Waals surface area (Å²) < 4.78 is 71.4. The van der Waals surface area contributed by atoms with Crippen molar-refractivity contribution in [2.45, 2.75) is 64.1 Å². The van der Waals surface area contributed by atoms with E-state index in [9.17, 15) is 41.4 Å². The quantitative estimate of drug-likeness (QED) is 0.257. The number of piperazine rings is 1. The summed E-state index contributed by atoms with van der Waals surface area (Å²) in [6.07, 6.45) is -1.60. The van der Waals surface area contributed by atoms with Gasteiger partial charge in [0.2, 0.25) is 11.7 Å². The number of rotatable bonds is 7. The van der Waals surface area contributed by atoms with Crippen LogP contribution in [0.4, 0.5) is 27.6 Å². The van der Waals surface area contributed by atoms with Gasteiger partial charge in [0.15, 0.2) is 17.3 Å². The first-order chi connectivity index (χ1) is 25.0. The second-order valence-electron chi connectivity index (χ2n) is 13.5. The Morgan fingerprint density at radius 3 is 2.40 bits per heavy atom. The minimum Gasteiger partial charge on any atom is -0.504 e. The fraction of sp³-hybridized carbons (Fsp3) is 0.441. The van der Waals surface area contributed by atoms with Gasteiger partial charge < -0.3 is 20.6 Å². The predicted octanol–water partition coefficient (Wildman–Crippen LogP) is 4.56. The summed E-state index contributed by atoms with van der Waals surface area (Å²) in [5.74, 6) is -4.78. The average molecular weight is 762 g/mol. The van der Waals surface area contributed by atoms with Crippen molar-refractivity contribution in [2.75, 3.05) is 31.1 Å². The second kappa shape index (κ2) is 12.8. The zero-order valence-electron chi connectivity index (χ0n) is 28.4. The third kappa shape index (κ3) is 6.05. The zero-order chi connectivity index (χ0) is 38.2. The number of aromatic nitrogens is 6. The summed E-state index contributed by atoms with van der Waals surface area (Å²) in [5, 5.41) is 14.5. The summed E-state index contributed by atoms with van der Waals surface area (Å²) in [5.41, 5.74) is 3.95. The van der Waals surface area contributed by atoms with Crippen molar-refractivity contribution in [1.29, 1.82) is 0 Å². The fourth-order valence-electron chi connectivity index (χ4n) is 7.34. The van der Waals surface area contributed by atoms with Gasteiger partial charge in [-0.2, -0.15) is 22.7 Å². The van der Waals surface area contributed by atoms with E-state index in [1.165, 1.54) is 16.4 Å². The third-order valence-electron chi connectivity index (χ3n) is 10.5. The van der Waals surface area contributed by atoms with Crippen molar-refractivity contribution >= 4 is 40.5 Å². The number of nitrogens with two attached hydrogens (primary N) is 1. The molecule has 1 aromatic carbocycles. The number of fused-ring (bicyclic) bond motifs is 1. The van der Waals surface area contributed by atoms with E-state index in [-0.39, 0.29) is 104 Å². The van der Waals surface area contributed by atoms with Crippen LogP contribution in [0.5, 0.6) is 5.75 Å². The van der Waals surface area contributed by atoms with E-state index >= 15 is 0 Å². The highest BCUT2D eigenvalue weighted by Crippen LogP contribution is 2.67. The molecule has 3 aromatic heterocycles. The molecule has 3 aliphatic rings. The number of benzene rings is 1. The first-order valence-corrected chi connectivity index (χ1v) is 17.2. The number of hydrogen-bond donors (Lipinski definition) is 2. The number of carbonyl (C=O) groups excluding carboxylic acids is 2. The summed E-state index contributed by atoms with van der Waals surface area (Å²) in [4.78, 5) is 56.7. The SMILES string of the molecule is CCc1c(N2CCN(C(=O)c3ncnc(C)c3O)CC2)c(=O)n2nc(C3=CCC4(CC3)CC4(F)F)nc2n1C(C(N)=O)c1ccc(C(F)(F)F)cc1Cl.